The number of amides is 1. The molecule has 6 heteroatoms. The lowest BCUT2D eigenvalue weighted by atomic mass is 10.0. The first-order valence-corrected chi connectivity index (χ1v) is 8.65. The highest BCUT2D eigenvalue weighted by atomic mass is 16.5. The summed E-state index contributed by atoms with van der Waals surface area (Å²) in [7, 11) is 0. The lowest BCUT2D eigenvalue weighted by Crippen LogP contribution is -2.18. The van der Waals surface area contributed by atoms with E-state index >= 15 is 0 Å². The number of nitriles is 1. The number of rotatable bonds is 4. The number of ether oxygens (including phenoxy) is 1. The van der Waals surface area contributed by atoms with E-state index in [1.807, 2.05) is 19.9 Å². The molecule has 27 heavy (non-hydrogen) atoms. The second-order valence-corrected chi connectivity index (χ2v) is 6.55. The highest BCUT2D eigenvalue weighted by molar-refractivity contribution is 6.12. The summed E-state index contributed by atoms with van der Waals surface area (Å²) in [6.07, 6.45) is 0.945. The van der Waals surface area contributed by atoms with Crippen LogP contribution in [0.4, 0.5) is 0 Å². The smallest absolute Gasteiger partial charge is 0.278 e. The molecule has 0 aliphatic heterocycles. The van der Waals surface area contributed by atoms with Crippen molar-refractivity contribution in [2.45, 2.75) is 32.8 Å². The van der Waals surface area contributed by atoms with Gasteiger partial charge in [-0.3, -0.25) is 9.59 Å². The number of ketones is 1. The first-order valence-electron chi connectivity index (χ1n) is 8.65. The van der Waals surface area contributed by atoms with E-state index in [4.69, 9.17) is 10.5 Å². The maximum atomic E-state index is 12.5. The average Bonchev–Trinajstić information content (AvgIpc) is 3.02. The number of fused-ring (bicyclic) bond motifs is 1. The number of carbonyl (C=O) groups excluding carboxylic acids is 2. The number of hydrogen-bond acceptors (Lipinski definition) is 4. The third-order valence-electron chi connectivity index (χ3n) is 4.29. The molecule has 0 saturated heterocycles. The van der Waals surface area contributed by atoms with Crippen molar-refractivity contribution >= 4 is 17.5 Å². The first-order chi connectivity index (χ1) is 12.9. The SMILES string of the molecule is CC(C)Oc1ccc(C(=O)N=C(N)c2cccc3c2CCC3=O)cc1C#N. The minimum absolute atomic E-state index is 0.0626. The highest BCUT2D eigenvalue weighted by Gasteiger charge is 2.23. The van der Waals surface area contributed by atoms with E-state index in [1.54, 1.807) is 30.3 Å². The third kappa shape index (κ3) is 3.72. The summed E-state index contributed by atoms with van der Waals surface area (Å²) in [6.45, 7) is 3.71. The van der Waals surface area contributed by atoms with Crippen molar-refractivity contribution in [3.63, 3.8) is 0 Å². The van der Waals surface area contributed by atoms with E-state index in [1.165, 1.54) is 6.07 Å². The molecule has 136 valence electrons. The lowest BCUT2D eigenvalue weighted by molar-refractivity contribution is 0.0989. The van der Waals surface area contributed by atoms with Crippen LogP contribution in [0, 0.1) is 11.3 Å². The van der Waals surface area contributed by atoms with Gasteiger partial charge in [0.15, 0.2) is 5.78 Å². The molecule has 2 aromatic rings. The van der Waals surface area contributed by atoms with Gasteiger partial charge in [-0.05, 0) is 44.0 Å². The molecular weight excluding hydrogens is 342 g/mol. The Morgan fingerprint density at radius 1 is 1.26 bits per heavy atom. The molecule has 0 saturated carbocycles. The normalized spacial score (nSPS) is 13.4. The topological polar surface area (TPSA) is 106 Å². The number of aliphatic imine (C=N–C) groups is 1. The Morgan fingerprint density at radius 3 is 2.74 bits per heavy atom. The molecule has 0 heterocycles. The molecule has 0 radical (unpaired) electrons. The van der Waals surface area contributed by atoms with Gasteiger partial charge in [-0.15, -0.1) is 0 Å². The van der Waals surface area contributed by atoms with Crippen LogP contribution in [0.1, 0.15) is 57.7 Å². The number of hydrogen-bond donors (Lipinski definition) is 1. The fourth-order valence-corrected chi connectivity index (χ4v) is 3.07. The maximum Gasteiger partial charge on any atom is 0.278 e. The molecule has 1 aliphatic carbocycles. The summed E-state index contributed by atoms with van der Waals surface area (Å²) in [6, 6.07) is 11.8. The van der Waals surface area contributed by atoms with E-state index < -0.39 is 5.91 Å². The predicted octanol–water partition coefficient (Wildman–Crippen LogP) is 3.02. The van der Waals surface area contributed by atoms with Crippen LogP contribution in [0.3, 0.4) is 0 Å². The van der Waals surface area contributed by atoms with Gasteiger partial charge in [0, 0.05) is 23.1 Å². The zero-order valence-corrected chi connectivity index (χ0v) is 15.2. The van der Waals surface area contributed by atoms with E-state index in [9.17, 15) is 14.9 Å². The van der Waals surface area contributed by atoms with Crippen LogP contribution in [0.2, 0.25) is 0 Å². The molecule has 0 aromatic heterocycles. The van der Waals surface area contributed by atoms with E-state index in [2.05, 4.69) is 4.99 Å². The number of Topliss-reactive ketones (excluding diaryl/α,β-unsaturated/α-hetero) is 1. The Morgan fingerprint density at radius 2 is 2.04 bits per heavy atom. The number of carbonyl (C=O) groups is 2. The summed E-state index contributed by atoms with van der Waals surface area (Å²) >= 11 is 0. The van der Waals surface area contributed by atoms with Crippen LogP contribution in [0.5, 0.6) is 5.75 Å². The molecule has 6 nitrogen and oxygen atoms in total. The van der Waals surface area contributed by atoms with Crippen LogP contribution in [0.15, 0.2) is 41.4 Å². The monoisotopic (exact) mass is 361 g/mol. The Balaban J connectivity index is 1.91. The van der Waals surface area contributed by atoms with Gasteiger partial charge in [0.2, 0.25) is 0 Å². The van der Waals surface area contributed by atoms with Crippen molar-refractivity contribution < 1.29 is 14.3 Å². The number of amidine groups is 1. The first kappa shape index (κ1) is 18.3. The van der Waals surface area contributed by atoms with Crippen LogP contribution < -0.4 is 10.5 Å². The molecule has 0 bridgehead atoms. The molecule has 1 amide bonds. The molecule has 2 aromatic carbocycles. The van der Waals surface area contributed by atoms with Crippen LogP contribution in [0.25, 0.3) is 0 Å². The molecule has 0 atom stereocenters. The van der Waals surface area contributed by atoms with Gasteiger partial charge in [0.25, 0.3) is 5.91 Å². The molecule has 1 aliphatic rings. The fourth-order valence-electron chi connectivity index (χ4n) is 3.07. The summed E-state index contributed by atoms with van der Waals surface area (Å²) in [5, 5.41) is 9.29. The molecule has 0 unspecified atom stereocenters. The van der Waals surface area contributed by atoms with Crippen LogP contribution in [-0.2, 0) is 6.42 Å². The second-order valence-electron chi connectivity index (χ2n) is 6.55. The van der Waals surface area contributed by atoms with Gasteiger partial charge < -0.3 is 10.5 Å². The maximum absolute atomic E-state index is 12.5. The van der Waals surface area contributed by atoms with Gasteiger partial charge in [0.05, 0.1) is 11.7 Å². The van der Waals surface area contributed by atoms with Gasteiger partial charge in [0.1, 0.15) is 17.7 Å². The third-order valence-corrected chi connectivity index (χ3v) is 4.29. The molecule has 3 rings (SSSR count). The largest absolute Gasteiger partial charge is 0.490 e. The molecule has 2 N–H and O–H groups in total. The van der Waals surface area contributed by atoms with E-state index in [0.29, 0.717) is 29.7 Å². The van der Waals surface area contributed by atoms with Crippen molar-refractivity contribution in [2.24, 2.45) is 10.7 Å². The Labute approximate surface area is 157 Å². The Kier molecular flexibility index (Phi) is 5.04. The van der Waals surface area contributed by atoms with Crippen LogP contribution in [-0.4, -0.2) is 23.6 Å². The van der Waals surface area contributed by atoms with Gasteiger partial charge in [-0.25, -0.2) is 0 Å². The zero-order chi connectivity index (χ0) is 19.6. The molecular formula is C21H19N3O3. The number of nitrogens with zero attached hydrogens (tertiary/aromatic N) is 2. The summed E-state index contributed by atoms with van der Waals surface area (Å²) in [5.41, 5.74) is 8.62. The summed E-state index contributed by atoms with van der Waals surface area (Å²) < 4.78 is 5.56. The van der Waals surface area contributed by atoms with Crippen LogP contribution >= 0.6 is 0 Å². The second kappa shape index (κ2) is 7.42. The minimum atomic E-state index is -0.554. The fraction of sp³-hybridized carbons (Fsp3) is 0.238. The Hall–Kier alpha value is -3.46. The van der Waals surface area contributed by atoms with Crippen molar-refractivity contribution in [3.8, 4) is 11.8 Å². The number of nitrogens with two attached hydrogens (primary N) is 1. The standard InChI is InChI=1S/C21H19N3O3/c1-12(2)27-19-9-6-13(10-14(19)11-22)21(26)24-20(23)17-5-3-4-16-15(17)7-8-18(16)25/h3-6,9-10,12H,7-8H2,1-2H3,(H2,23,24,26). The van der Waals surface area contributed by atoms with Gasteiger partial charge >= 0.3 is 0 Å². The Bertz CT molecular complexity index is 1000. The quantitative estimate of drug-likeness (QED) is 0.665. The van der Waals surface area contributed by atoms with Crippen molar-refractivity contribution in [2.75, 3.05) is 0 Å². The molecule has 0 spiro atoms. The highest BCUT2D eigenvalue weighted by Crippen LogP contribution is 2.25. The lowest BCUT2D eigenvalue weighted by Gasteiger charge is -2.11. The summed E-state index contributed by atoms with van der Waals surface area (Å²) in [5.74, 6) is 0.000334. The van der Waals surface area contributed by atoms with E-state index in [-0.39, 0.29) is 28.8 Å². The average molecular weight is 361 g/mol. The number of benzene rings is 2. The predicted molar refractivity (Wildman–Crippen MR) is 101 cm³/mol. The zero-order valence-electron chi connectivity index (χ0n) is 15.2. The van der Waals surface area contributed by atoms with Crippen molar-refractivity contribution in [1.82, 2.24) is 0 Å². The van der Waals surface area contributed by atoms with E-state index in [0.717, 1.165) is 5.56 Å². The van der Waals surface area contributed by atoms with Crippen molar-refractivity contribution in [1.29, 1.82) is 5.26 Å². The summed E-state index contributed by atoms with van der Waals surface area (Å²) in [4.78, 5) is 28.4. The molecule has 0 fully saturated rings. The van der Waals surface area contributed by atoms with Gasteiger partial charge in [-0.2, -0.15) is 10.3 Å². The minimum Gasteiger partial charge on any atom is -0.490 e. The van der Waals surface area contributed by atoms with Crippen molar-refractivity contribution in [3.05, 3.63) is 64.2 Å². The van der Waals surface area contributed by atoms with Gasteiger partial charge in [-0.1, -0.05) is 18.2 Å².